The maximum atomic E-state index is 12.6. The third-order valence-corrected chi connectivity index (χ3v) is 6.47. The molecular weight excluding hydrogens is 463 g/mol. The van der Waals surface area contributed by atoms with E-state index in [9.17, 15) is 14.7 Å². The summed E-state index contributed by atoms with van der Waals surface area (Å²) in [7, 11) is 0. The predicted octanol–water partition coefficient (Wildman–Crippen LogP) is -3.51. The first-order chi connectivity index (χ1) is 13.9. The van der Waals surface area contributed by atoms with E-state index in [4.69, 9.17) is 28.4 Å². The van der Waals surface area contributed by atoms with Crippen LogP contribution in [0.2, 0.25) is 0 Å². The fraction of sp³-hybridized carbons (Fsp3) is 0.333. The smallest absolute Gasteiger partial charge is 0.863 e. The number of nitrogens with two attached hydrogens (primary N) is 1. The van der Waals surface area contributed by atoms with Gasteiger partial charge in [0.2, 0.25) is 0 Å². The van der Waals surface area contributed by atoms with Crippen molar-refractivity contribution in [1.29, 1.82) is 0 Å². The first-order valence-electron chi connectivity index (χ1n) is 8.17. The number of thioether (sulfide) groups is 1. The zero-order valence-corrected chi connectivity index (χ0v) is 20.1. The summed E-state index contributed by atoms with van der Waals surface area (Å²) in [5.41, 5.74) is 6.05. The van der Waals surface area contributed by atoms with Crippen LogP contribution in [0.15, 0.2) is 27.0 Å². The average molecular weight is 479 g/mol. The van der Waals surface area contributed by atoms with Crippen molar-refractivity contribution < 1.29 is 54.7 Å². The number of thiocarbonyl (C=S) groups is 1. The van der Waals surface area contributed by atoms with Gasteiger partial charge < -0.3 is 26.6 Å². The van der Waals surface area contributed by atoms with Gasteiger partial charge in [-0.05, 0) is 23.5 Å². The van der Waals surface area contributed by atoms with Crippen LogP contribution in [0, 0.1) is 0 Å². The number of nitrogen functional groups attached to an aromatic ring is 1. The standard InChI is InChI=1S/C15H16N6O5S3.Na/c16-15-18-7(5-29-15)8(20-26)11(22)19-9-12(23)21-10(14(24)27)6(2-1-3-17-25)4-28-13(9)21;/h3,5,9,13,25-26H,1-2,4H2,(H2,16,18)(H,19,22)(H,24,27);/q;+1/p-1/b17-3?,20-8-;/t9?,13-;/m1./s1. The van der Waals surface area contributed by atoms with Crippen LogP contribution < -0.4 is 45.7 Å². The molecule has 2 amide bonds. The molecule has 0 aliphatic carbocycles. The molecule has 1 aromatic heterocycles. The molecule has 5 N–H and O–H groups in total. The molecule has 0 aromatic carbocycles. The quantitative estimate of drug-likeness (QED) is 0.0773. The van der Waals surface area contributed by atoms with E-state index in [0.717, 1.165) is 11.3 Å². The average Bonchev–Trinajstić information content (AvgIpc) is 3.12. The molecule has 1 fully saturated rings. The van der Waals surface area contributed by atoms with E-state index in [0.29, 0.717) is 24.2 Å². The molecule has 1 aromatic rings. The number of hydrogen-bond donors (Lipinski definition) is 4. The van der Waals surface area contributed by atoms with Crippen LogP contribution >= 0.6 is 35.3 Å². The number of hydrogen-bond acceptors (Lipinski definition) is 12. The Morgan fingerprint density at radius 3 is 2.83 bits per heavy atom. The van der Waals surface area contributed by atoms with Crippen LogP contribution in [0.4, 0.5) is 5.13 Å². The van der Waals surface area contributed by atoms with Crippen molar-refractivity contribution in [3.05, 3.63) is 22.3 Å². The number of nitrogens with zero attached hydrogens (tertiary/aromatic N) is 4. The zero-order chi connectivity index (χ0) is 21.1. The van der Waals surface area contributed by atoms with Gasteiger partial charge >= 0.3 is 29.6 Å². The number of oxime groups is 2. The second-order valence-electron chi connectivity index (χ2n) is 5.96. The number of nitrogens with one attached hydrogen (secondary N) is 1. The second-order valence-corrected chi connectivity index (χ2v) is 8.32. The minimum absolute atomic E-state index is 0. The van der Waals surface area contributed by atoms with Crippen molar-refractivity contribution in [2.45, 2.75) is 24.3 Å². The number of thiazole rings is 1. The van der Waals surface area contributed by atoms with Crippen molar-refractivity contribution in [2.24, 2.45) is 10.3 Å². The number of rotatable bonds is 7. The van der Waals surface area contributed by atoms with Crippen LogP contribution in [0.5, 0.6) is 0 Å². The molecule has 154 valence electrons. The molecule has 2 atom stereocenters. The molecule has 15 heteroatoms. The van der Waals surface area contributed by atoms with Crippen LogP contribution in [0.1, 0.15) is 18.5 Å². The molecule has 3 rings (SSSR count). The van der Waals surface area contributed by atoms with Crippen LogP contribution in [0.3, 0.4) is 0 Å². The molecular formula is C15H15N6NaO5S3. The first kappa shape index (κ1) is 24.6. The normalized spacial score (nSPS) is 21.1. The van der Waals surface area contributed by atoms with E-state index in [2.05, 4.69) is 20.6 Å². The third kappa shape index (κ3) is 4.78. The number of anilines is 1. The Morgan fingerprint density at radius 1 is 1.53 bits per heavy atom. The van der Waals surface area contributed by atoms with Crippen LogP contribution in [-0.4, -0.2) is 66.3 Å². The van der Waals surface area contributed by atoms with Crippen molar-refractivity contribution in [3.8, 4) is 0 Å². The summed E-state index contributed by atoms with van der Waals surface area (Å²) in [6.45, 7) is 0. The topological polar surface area (TPSA) is 177 Å². The number of fused-ring (bicyclic) bond motifs is 1. The summed E-state index contributed by atoms with van der Waals surface area (Å²) in [4.78, 5) is 30.3. The van der Waals surface area contributed by atoms with E-state index in [1.165, 1.54) is 28.3 Å². The maximum absolute atomic E-state index is 12.6. The Labute approximate surface area is 206 Å². The van der Waals surface area contributed by atoms with Gasteiger partial charge in [0.25, 0.3) is 11.8 Å². The van der Waals surface area contributed by atoms with Gasteiger partial charge in [-0.2, -0.15) is 0 Å². The molecule has 0 bridgehead atoms. The van der Waals surface area contributed by atoms with E-state index in [1.54, 1.807) is 0 Å². The summed E-state index contributed by atoms with van der Waals surface area (Å²) >= 11 is 7.22. The van der Waals surface area contributed by atoms with Gasteiger partial charge in [0.15, 0.2) is 10.8 Å². The largest absolute Gasteiger partial charge is 1.00 e. The van der Waals surface area contributed by atoms with E-state index in [1.807, 2.05) is 0 Å². The molecule has 30 heavy (non-hydrogen) atoms. The van der Waals surface area contributed by atoms with Gasteiger partial charge in [-0.3, -0.25) is 14.5 Å². The number of aromatic nitrogens is 1. The van der Waals surface area contributed by atoms with Gasteiger partial charge in [-0.15, -0.1) is 28.3 Å². The molecule has 0 radical (unpaired) electrons. The number of carbonyl (C=O) groups is 2. The van der Waals surface area contributed by atoms with Gasteiger partial charge in [0, 0.05) is 23.0 Å². The van der Waals surface area contributed by atoms with Crippen molar-refractivity contribution >= 4 is 69.2 Å². The molecule has 2 aliphatic heterocycles. The van der Waals surface area contributed by atoms with Crippen molar-refractivity contribution in [2.75, 3.05) is 11.5 Å². The van der Waals surface area contributed by atoms with E-state index >= 15 is 0 Å². The summed E-state index contributed by atoms with van der Waals surface area (Å²) in [5, 5.41) is 38.5. The Bertz CT molecular complexity index is 949. The number of carbonyl (C=O) groups excluding carboxylic acids is 2. The third-order valence-electron chi connectivity index (χ3n) is 4.26. The molecule has 0 spiro atoms. The Morgan fingerprint density at radius 2 is 2.27 bits per heavy atom. The summed E-state index contributed by atoms with van der Waals surface area (Å²) < 4.78 is 0. The van der Waals surface area contributed by atoms with Gasteiger partial charge in [-0.25, -0.2) is 4.98 Å². The summed E-state index contributed by atoms with van der Waals surface area (Å²) in [5.74, 6) is -0.856. The summed E-state index contributed by atoms with van der Waals surface area (Å²) in [6.07, 6.45) is 2.09. The first-order valence-corrected chi connectivity index (χ1v) is 10.5. The molecule has 0 saturated carbocycles. The molecule has 3 heterocycles. The van der Waals surface area contributed by atoms with Crippen molar-refractivity contribution in [3.63, 3.8) is 0 Å². The maximum Gasteiger partial charge on any atom is 1.00 e. The molecule has 2 aliphatic rings. The fourth-order valence-electron chi connectivity index (χ4n) is 2.98. The predicted molar refractivity (Wildman–Crippen MR) is 109 cm³/mol. The fourth-order valence-corrected chi connectivity index (χ4v) is 5.16. The minimum Gasteiger partial charge on any atom is -0.863 e. The summed E-state index contributed by atoms with van der Waals surface area (Å²) in [6, 6.07) is -0.912. The molecule has 1 unspecified atom stereocenters. The Hall–Kier alpha value is -1.71. The minimum atomic E-state index is -0.912. The number of amides is 2. The van der Waals surface area contributed by atoms with Gasteiger partial charge in [-0.1, -0.05) is 17.4 Å². The van der Waals surface area contributed by atoms with Gasteiger partial charge in [0.05, 0.1) is 0 Å². The second kappa shape index (κ2) is 10.5. The SMILES string of the molecule is Nc1nc(/C(=N/O)C(=O)NC2C(=O)N3C(C([O-])=S)=C(CCC=NO)CS[C@H]23)cs1.[Na+]. The monoisotopic (exact) mass is 478 g/mol. The zero-order valence-electron chi connectivity index (χ0n) is 15.6. The van der Waals surface area contributed by atoms with Crippen molar-refractivity contribution in [1.82, 2.24) is 15.2 Å². The Kier molecular flexibility index (Phi) is 8.63. The van der Waals surface area contributed by atoms with Gasteiger partial charge in [0.1, 0.15) is 17.1 Å². The Balaban J connectivity index is 0.00000320. The van der Waals surface area contributed by atoms with E-state index in [-0.39, 0.29) is 51.8 Å². The van der Waals surface area contributed by atoms with Crippen LogP contribution in [-0.2, 0) is 9.59 Å². The molecule has 1 saturated heterocycles. The number of β-lactam (4-membered cyclic amide) rings is 1. The van der Waals surface area contributed by atoms with Crippen LogP contribution in [0.25, 0.3) is 0 Å². The van der Waals surface area contributed by atoms with E-state index < -0.39 is 28.3 Å². The molecule has 11 nitrogen and oxygen atoms in total.